The summed E-state index contributed by atoms with van der Waals surface area (Å²) in [7, 11) is 8.50. The quantitative estimate of drug-likeness (QED) is 0.582. The monoisotopic (exact) mass is 266 g/mol. The van der Waals surface area contributed by atoms with E-state index in [-0.39, 0.29) is 0 Å². The first kappa shape index (κ1) is 11.9. The standard InChI is InChI=1S/C10H18S4/c1-2-5-10(4-1)8-13-11-6-3-7-12-14-9-10/h1-9H2. The van der Waals surface area contributed by atoms with Crippen LogP contribution in [0.15, 0.2) is 0 Å². The number of hydrogen-bond donors (Lipinski definition) is 0. The maximum absolute atomic E-state index is 2.14. The van der Waals surface area contributed by atoms with Crippen molar-refractivity contribution in [1.82, 2.24) is 0 Å². The van der Waals surface area contributed by atoms with Gasteiger partial charge in [0.05, 0.1) is 0 Å². The first-order chi connectivity index (χ1) is 6.91. The molecule has 0 atom stereocenters. The van der Waals surface area contributed by atoms with Crippen molar-refractivity contribution >= 4 is 43.2 Å². The van der Waals surface area contributed by atoms with Crippen LogP contribution >= 0.6 is 43.2 Å². The Morgan fingerprint density at radius 1 is 0.643 bits per heavy atom. The van der Waals surface area contributed by atoms with Crippen molar-refractivity contribution < 1.29 is 0 Å². The predicted molar refractivity (Wildman–Crippen MR) is 75.4 cm³/mol. The van der Waals surface area contributed by atoms with Crippen LogP contribution in [0.1, 0.15) is 32.1 Å². The van der Waals surface area contributed by atoms with Gasteiger partial charge >= 0.3 is 0 Å². The van der Waals surface area contributed by atoms with Crippen molar-refractivity contribution in [2.45, 2.75) is 32.1 Å². The highest BCUT2D eigenvalue weighted by Crippen LogP contribution is 2.47. The summed E-state index contributed by atoms with van der Waals surface area (Å²) < 4.78 is 0. The van der Waals surface area contributed by atoms with Crippen molar-refractivity contribution in [2.75, 3.05) is 23.0 Å². The van der Waals surface area contributed by atoms with E-state index < -0.39 is 0 Å². The lowest BCUT2D eigenvalue weighted by molar-refractivity contribution is 0.404. The van der Waals surface area contributed by atoms with E-state index in [2.05, 4.69) is 43.2 Å². The summed E-state index contributed by atoms with van der Waals surface area (Å²) in [6.07, 6.45) is 7.34. The van der Waals surface area contributed by atoms with Crippen LogP contribution in [-0.2, 0) is 0 Å². The molecule has 1 aliphatic heterocycles. The molecule has 1 saturated carbocycles. The summed E-state index contributed by atoms with van der Waals surface area (Å²) in [6.45, 7) is 0. The summed E-state index contributed by atoms with van der Waals surface area (Å²) in [5.41, 5.74) is 0.715. The molecule has 14 heavy (non-hydrogen) atoms. The Hall–Kier alpha value is 1.40. The van der Waals surface area contributed by atoms with Crippen LogP contribution in [0.2, 0.25) is 0 Å². The number of hydrogen-bond acceptors (Lipinski definition) is 4. The van der Waals surface area contributed by atoms with Crippen LogP contribution in [0.4, 0.5) is 0 Å². The molecule has 1 saturated heterocycles. The maximum atomic E-state index is 2.14. The highest BCUT2D eigenvalue weighted by molar-refractivity contribution is 8.77. The molecule has 4 heteroatoms. The van der Waals surface area contributed by atoms with Gasteiger partial charge in [0.1, 0.15) is 0 Å². The van der Waals surface area contributed by atoms with Gasteiger partial charge < -0.3 is 0 Å². The summed E-state index contributed by atoms with van der Waals surface area (Å²) in [6, 6.07) is 0. The Morgan fingerprint density at radius 2 is 1.21 bits per heavy atom. The normalized spacial score (nSPS) is 29.1. The zero-order chi connectivity index (χ0) is 9.69. The molecule has 0 radical (unpaired) electrons. The molecule has 1 spiro atoms. The molecule has 0 aromatic rings. The molecule has 0 N–H and O–H groups in total. The molecule has 1 heterocycles. The lowest BCUT2D eigenvalue weighted by Gasteiger charge is -2.28. The molecular weight excluding hydrogens is 248 g/mol. The fourth-order valence-electron chi connectivity index (χ4n) is 2.08. The number of rotatable bonds is 0. The molecular formula is C10H18S4. The summed E-state index contributed by atoms with van der Waals surface area (Å²) in [5, 5.41) is 0. The fraction of sp³-hybridized carbons (Fsp3) is 1.00. The fourth-order valence-corrected chi connectivity index (χ4v) is 8.02. The van der Waals surface area contributed by atoms with Gasteiger partial charge in [-0.1, -0.05) is 56.0 Å². The van der Waals surface area contributed by atoms with Gasteiger partial charge in [-0.2, -0.15) is 0 Å². The minimum atomic E-state index is 0.715. The van der Waals surface area contributed by atoms with E-state index in [0.29, 0.717) is 5.41 Å². The SMILES string of the molecule is C1CSSCC2(CCCC2)CSSC1. The third-order valence-corrected chi connectivity index (χ3v) is 8.43. The van der Waals surface area contributed by atoms with Crippen LogP contribution in [0, 0.1) is 5.41 Å². The predicted octanol–water partition coefficient (Wildman–Crippen LogP) is 4.71. The topological polar surface area (TPSA) is 0 Å². The van der Waals surface area contributed by atoms with Crippen molar-refractivity contribution in [1.29, 1.82) is 0 Å². The maximum Gasteiger partial charge on any atom is 0.0102 e. The molecule has 2 rings (SSSR count). The average molecular weight is 267 g/mol. The van der Waals surface area contributed by atoms with Crippen molar-refractivity contribution in [3.63, 3.8) is 0 Å². The van der Waals surface area contributed by atoms with Gasteiger partial charge in [-0.05, 0) is 24.7 Å². The van der Waals surface area contributed by atoms with Gasteiger partial charge in [-0.25, -0.2) is 0 Å². The molecule has 82 valence electrons. The van der Waals surface area contributed by atoms with Gasteiger partial charge in [0.15, 0.2) is 0 Å². The average Bonchev–Trinajstić information content (AvgIpc) is 2.66. The van der Waals surface area contributed by atoms with E-state index in [1.165, 1.54) is 55.1 Å². The zero-order valence-electron chi connectivity index (χ0n) is 8.50. The molecule has 0 aromatic carbocycles. The van der Waals surface area contributed by atoms with Crippen molar-refractivity contribution in [2.24, 2.45) is 5.41 Å². The molecule has 0 aromatic heterocycles. The first-order valence-corrected chi connectivity index (χ1v) is 10.4. The Bertz CT molecular complexity index is 154. The largest absolute Gasteiger partial charge is 0.0941 e. The third kappa shape index (κ3) is 3.46. The molecule has 0 unspecified atom stereocenters. The van der Waals surface area contributed by atoms with Crippen LogP contribution < -0.4 is 0 Å². The van der Waals surface area contributed by atoms with Gasteiger partial charge in [-0.15, -0.1) is 0 Å². The van der Waals surface area contributed by atoms with Crippen LogP contribution in [0.25, 0.3) is 0 Å². The van der Waals surface area contributed by atoms with Gasteiger partial charge in [0.25, 0.3) is 0 Å². The smallest absolute Gasteiger partial charge is 0.0102 e. The van der Waals surface area contributed by atoms with Crippen LogP contribution in [-0.4, -0.2) is 23.0 Å². The van der Waals surface area contributed by atoms with E-state index in [1.54, 1.807) is 0 Å². The molecule has 0 nitrogen and oxygen atoms in total. The van der Waals surface area contributed by atoms with E-state index >= 15 is 0 Å². The van der Waals surface area contributed by atoms with Gasteiger partial charge in [-0.3, -0.25) is 0 Å². The Morgan fingerprint density at radius 3 is 1.79 bits per heavy atom. The summed E-state index contributed by atoms with van der Waals surface area (Å²) in [5.74, 6) is 5.53. The molecule has 1 aliphatic carbocycles. The van der Waals surface area contributed by atoms with Crippen molar-refractivity contribution in [3.8, 4) is 0 Å². The second kappa shape index (κ2) is 6.21. The van der Waals surface area contributed by atoms with Crippen molar-refractivity contribution in [3.05, 3.63) is 0 Å². The Labute approximate surface area is 103 Å². The van der Waals surface area contributed by atoms with E-state index in [9.17, 15) is 0 Å². The minimum absolute atomic E-state index is 0.715. The molecule has 0 bridgehead atoms. The Kier molecular flexibility index (Phi) is 5.27. The molecule has 0 amide bonds. The van der Waals surface area contributed by atoms with Crippen LogP contribution in [0.3, 0.4) is 0 Å². The van der Waals surface area contributed by atoms with E-state index in [0.717, 1.165) is 0 Å². The first-order valence-electron chi connectivity index (χ1n) is 5.40. The summed E-state index contributed by atoms with van der Waals surface area (Å²) in [4.78, 5) is 0. The zero-order valence-corrected chi connectivity index (χ0v) is 11.8. The lowest BCUT2D eigenvalue weighted by atomic mass is 9.91. The Balaban J connectivity index is 1.86. The third-order valence-electron chi connectivity index (χ3n) is 3.02. The molecule has 2 aliphatic rings. The van der Waals surface area contributed by atoms with E-state index in [4.69, 9.17) is 0 Å². The van der Waals surface area contributed by atoms with Gasteiger partial charge in [0, 0.05) is 23.0 Å². The lowest BCUT2D eigenvalue weighted by Crippen LogP contribution is -2.22. The summed E-state index contributed by atoms with van der Waals surface area (Å²) >= 11 is 0. The molecule has 2 fully saturated rings. The van der Waals surface area contributed by atoms with Gasteiger partial charge in [0.2, 0.25) is 0 Å². The second-order valence-electron chi connectivity index (χ2n) is 4.23. The minimum Gasteiger partial charge on any atom is -0.0941 e. The highest BCUT2D eigenvalue weighted by atomic mass is 33.1. The van der Waals surface area contributed by atoms with E-state index in [1.807, 2.05) is 0 Å². The second-order valence-corrected chi connectivity index (χ2v) is 9.39. The van der Waals surface area contributed by atoms with Crippen LogP contribution in [0.5, 0.6) is 0 Å². The highest BCUT2D eigenvalue weighted by Gasteiger charge is 2.33.